The summed E-state index contributed by atoms with van der Waals surface area (Å²) < 4.78 is 0. The van der Waals surface area contributed by atoms with E-state index >= 15 is 0 Å². The van der Waals surface area contributed by atoms with E-state index in [1.165, 1.54) is 25.1 Å². The number of likely N-dealkylation sites (N-methyl/N-ethyl adjacent to an activating group) is 1. The lowest BCUT2D eigenvalue weighted by Crippen LogP contribution is -2.03. The van der Waals surface area contributed by atoms with Gasteiger partial charge in [-0.25, -0.2) is 0 Å². The van der Waals surface area contributed by atoms with Gasteiger partial charge in [0.25, 0.3) is 0 Å². The van der Waals surface area contributed by atoms with Crippen molar-refractivity contribution in [3.8, 4) is 0 Å². The largest absolute Gasteiger partial charge is 0.297 e. The van der Waals surface area contributed by atoms with E-state index in [0.717, 1.165) is 6.04 Å². The standard InChI is InChI=1S/C11H15N/c1-2-12-9-11(12)8-10-6-4-3-5-7-10/h3-7,11H,2,8-9H2,1H3/t11-,12?/m0/s1. The Labute approximate surface area is 74.0 Å². The van der Waals surface area contributed by atoms with Crippen LogP contribution in [-0.2, 0) is 6.42 Å². The fourth-order valence-corrected chi connectivity index (χ4v) is 1.69. The molecule has 1 nitrogen and oxygen atoms in total. The zero-order chi connectivity index (χ0) is 8.39. The Morgan fingerprint density at radius 3 is 2.67 bits per heavy atom. The first kappa shape index (κ1) is 7.81. The summed E-state index contributed by atoms with van der Waals surface area (Å²) in [5.74, 6) is 0. The smallest absolute Gasteiger partial charge is 0.0264 e. The molecule has 1 unspecified atom stereocenters. The molecule has 0 radical (unpaired) electrons. The minimum atomic E-state index is 0.831. The molecule has 1 aromatic carbocycles. The number of hydrogen-bond acceptors (Lipinski definition) is 1. The van der Waals surface area contributed by atoms with E-state index in [1.54, 1.807) is 0 Å². The second-order valence-corrected chi connectivity index (χ2v) is 3.43. The number of nitrogens with zero attached hydrogens (tertiary/aromatic N) is 1. The summed E-state index contributed by atoms with van der Waals surface area (Å²) in [7, 11) is 0. The van der Waals surface area contributed by atoms with Gasteiger partial charge in [0.2, 0.25) is 0 Å². The lowest BCUT2D eigenvalue weighted by atomic mass is 10.1. The zero-order valence-corrected chi connectivity index (χ0v) is 7.53. The molecule has 0 aliphatic carbocycles. The molecule has 1 aliphatic heterocycles. The summed E-state index contributed by atoms with van der Waals surface area (Å²) in [6.07, 6.45) is 1.23. The van der Waals surface area contributed by atoms with Crippen molar-refractivity contribution in [3.63, 3.8) is 0 Å². The fraction of sp³-hybridized carbons (Fsp3) is 0.455. The molecule has 2 atom stereocenters. The van der Waals surface area contributed by atoms with E-state index in [2.05, 4.69) is 42.2 Å². The molecule has 0 aromatic heterocycles. The fourth-order valence-electron chi connectivity index (χ4n) is 1.69. The molecular formula is C11H15N. The maximum Gasteiger partial charge on any atom is 0.0264 e. The summed E-state index contributed by atoms with van der Waals surface area (Å²) in [5, 5.41) is 0. The van der Waals surface area contributed by atoms with Crippen LogP contribution in [0.2, 0.25) is 0 Å². The van der Waals surface area contributed by atoms with Gasteiger partial charge in [0.15, 0.2) is 0 Å². The summed E-state index contributed by atoms with van der Waals surface area (Å²) in [4.78, 5) is 2.49. The third kappa shape index (κ3) is 1.67. The van der Waals surface area contributed by atoms with E-state index in [4.69, 9.17) is 0 Å². The molecule has 64 valence electrons. The number of benzene rings is 1. The quantitative estimate of drug-likeness (QED) is 0.612. The second kappa shape index (κ2) is 3.28. The van der Waals surface area contributed by atoms with Gasteiger partial charge in [-0.2, -0.15) is 0 Å². The van der Waals surface area contributed by atoms with Crippen LogP contribution in [0.5, 0.6) is 0 Å². The van der Waals surface area contributed by atoms with Gasteiger partial charge in [0.1, 0.15) is 0 Å². The Hall–Kier alpha value is -0.820. The van der Waals surface area contributed by atoms with Crippen LogP contribution in [0.1, 0.15) is 12.5 Å². The van der Waals surface area contributed by atoms with E-state index in [9.17, 15) is 0 Å². The molecule has 1 heterocycles. The van der Waals surface area contributed by atoms with Crippen LogP contribution in [0.4, 0.5) is 0 Å². The Bertz CT molecular complexity index is 242. The van der Waals surface area contributed by atoms with Crippen molar-refractivity contribution in [1.29, 1.82) is 0 Å². The Morgan fingerprint density at radius 1 is 1.33 bits per heavy atom. The van der Waals surface area contributed by atoms with Crippen LogP contribution < -0.4 is 0 Å². The third-order valence-corrected chi connectivity index (χ3v) is 2.55. The van der Waals surface area contributed by atoms with Crippen molar-refractivity contribution in [1.82, 2.24) is 4.90 Å². The van der Waals surface area contributed by atoms with E-state index in [-0.39, 0.29) is 0 Å². The van der Waals surface area contributed by atoms with Crippen molar-refractivity contribution >= 4 is 0 Å². The molecule has 0 spiro atoms. The SMILES string of the molecule is CCN1C[C@@H]1Cc1ccccc1. The van der Waals surface area contributed by atoms with E-state index in [0.29, 0.717) is 0 Å². The van der Waals surface area contributed by atoms with E-state index in [1.807, 2.05) is 0 Å². The van der Waals surface area contributed by atoms with Crippen molar-refractivity contribution < 1.29 is 0 Å². The van der Waals surface area contributed by atoms with E-state index < -0.39 is 0 Å². The molecule has 1 saturated heterocycles. The molecule has 1 aromatic rings. The summed E-state index contributed by atoms with van der Waals surface area (Å²) in [6.45, 7) is 4.73. The number of rotatable bonds is 3. The Balaban J connectivity index is 1.89. The van der Waals surface area contributed by atoms with Gasteiger partial charge in [-0.3, -0.25) is 4.90 Å². The molecule has 0 N–H and O–H groups in total. The average molecular weight is 161 g/mol. The molecule has 1 heteroatoms. The van der Waals surface area contributed by atoms with Gasteiger partial charge in [-0.15, -0.1) is 0 Å². The first-order chi connectivity index (χ1) is 5.90. The second-order valence-electron chi connectivity index (χ2n) is 3.43. The summed E-state index contributed by atoms with van der Waals surface area (Å²) >= 11 is 0. The third-order valence-electron chi connectivity index (χ3n) is 2.55. The van der Waals surface area contributed by atoms with Gasteiger partial charge in [-0.05, 0) is 18.5 Å². The predicted molar refractivity (Wildman–Crippen MR) is 51.2 cm³/mol. The highest BCUT2D eigenvalue weighted by atomic mass is 15.3. The monoisotopic (exact) mass is 161 g/mol. The lowest BCUT2D eigenvalue weighted by Gasteiger charge is -1.99. The number of hydrogen-bond donors (Lipinski definition) is 0. The molecule has 12 heavy (non-hydrogen) atoms. The maximum absolute atomic E-state index is 2.49. The predicted octanol–water partition coefficient (Wildman–Crippen LogP) is 1.93. The van der Waals surface area contributed by atoms with Crippen LogP contribution in [-0.4, -0.2) is 24.0 Å². The molecular weight excluding hydrogens is 146 g/mol. The molecule has 2 rings (SSSR count). The minimum Gasteiger partial charge on any atom is -0.297 e. The average Bonchev–Trinajstić information content (AvgIpc) is 2.85. The maximum atomic E-state index is 2.49. The molecule has 0 bridgehead atoms. The molecule has 1 fully saturated rings. The molecule has 1 aliphatic rings. The normalized spacial score (nSPS) is 27.1. The van der Waals surface area contributed by atoms with Crippen molar-refractivity contribution in [2.45, 2.75) is 19.4 Å². The van der Waals surface area contributed by atoms with Crippen LogP contribution in [0.3, 0.4) is 0 Å². The summed E-state index contributed by atoms with van der Waals surface area (Å²) in [5.41, 5.74) is 1.47. The Kier molecular flexibility index (Phi) is 2.13. The van der Waals surface area contributed by atoms with Crippen molar-refractivity contribution in [3.05, 3.63) is 35.9 Å². The highest BCUT2D eigenvalue weighted by molar-refractivity contribution is 5.17. The van der Waals surface area contributed by atoms with Crippen LogP contribution in [0.25, 0.3) is 0 Å². The van der Waals surface area contributed by atoms with Gasteiger partial charge < -0.3 is 0 Å². The van der Waals surface area contributed by atoms with Crippen molar-refractivity contribution in [2.24, 2.45) is 0 Å². The van der Waals surface area contributed by atoms with Gasteiger partial charge in [-0.1, -0.05) is 37.3 Å². The van der Waals surface area contributed by atoms with Gasteiger partial charge in [0.05, 0.1) is 0 Å². The Morgan fingerprint density at radius 2 is 2.08 bits per heavy atom. The topological polar surface area (TPSA) is 3.01 Å². The first-order valence-electron chi connectivity index (χ1n) is 4.68. The minimum absolute atomic E-state index is 0.831. The van der Waals surface area contributed by atoms with Gasteiger partial charge >= 0.3 is 0 Å². The molecule has 0 amide bonds. The molecule has 0 saturated carbocycles. The van der Waals surface area contributed by atoms with Gasteiger partial charge in [0, 0.05) is 12.6 Å². The highest BCUT2D eigenvalue weighted by Gasteiger charge is 2.31. The van der Waals surface area contributed by atoms with Crippen LogP contribution >= 0.6 is 0 Å². The summed E-state index contributed by atoms with van der Waals surface area (Å²) in [6, 6.07) is 11.6. The first-order valence-corrected chi connectivity index (χ1v) is 4.68. The highest BCUT2D eigenvalue weighted by Crippen LogP contribution is 2.20. The van der Waals surface area contributed by atoms with Crippen LogP contribution in [0, 0.1) is 0 Å². The zero-order valence-electron chi connectivity index (χ0n) is 7.53. The van der Waals surface area contributed by atoms with Crippen molar-refractivity contribution in [2.75, 3.05) is 13.1 Å². The lowest BCUT2D eigenvalue weighted by molar-refractivity contribution is 0.532. The van der Waals surface area contributed by atoms with Crippen LogP contribution in [0.15, 0.2) is 30.3 Å².